The highest BCUT2D eigenvalue weighted by Gasteiger charge is 2.32. The Morgan fingerprint density at radius 3 is 2.27 bits per heavy atom. The van der Waals surface area contributed by atoms with Crippen LogP contribution in [0.1, 0.15) is 23.7 Å². The van der Waals surface area contributed by atoms with E-state index in [0.717, 1.165) is 6.42 Å². The van der Waals surface area contributed by atoms with Crippen LogP contribution in [-0.2, 0) is 28.5 Å². The highest BCUT2D eigenvalue weighted by atomic mass is 16.5. The Morgan fingerprint density at radius 1 is 1.04 bits per heavy atom. The van der Waals surface area contributed by atoms with Gasteiger partial charge in [-0.2, -0.15) is 0 Å². The van der Waals surface area contributed by atoms with Crippen molar-refractivity contribution in [1.82, 2.24) is 0 Å². The number of ether oxygens (including phenoxy) is 4. The van der Waals surface area contributed by atoms with Crippen LogP contribution in [0.15, 0.2) is 35.5 Å². The molecule has 0 fully saturated rings. The number of carbonyl (C=O) groups is 3. The first-order valence-corrected chi connectivity index (χ1v) is 8.05. The van der Waals surface area contributed by atoms with Crippen molar-refractivity contribution < 1.29 is 33.3 Å². The minimum atomic E-state index is -0.680. The van der Waals surface area contributed by atoms with Gasteiger partial charge in [-0.25, -0.2) is 14.4 Å². The van der Waals surface area contributed by atoms with Crippen molar-refractivity contribution in [2.75, 3.05) is 39.1 Å². The van der Waals surface area contributed by atoms with Gasteiger partial charge in [-0.3, -0.25) is 0 Å². The number of benzene rings is 1. The van der Waals surface area contributed by atoms with Crippen LogP contribution in [-0.4, -0.2) is 52.1 Å². The van der Waals surface area contributed by atoms with Crippen molar-refractivity contribution in [2.24, 2.45) is 0 Å². The van der Waals surface area contributed by atoms with Gasteiger partial charge in [-0.1, -0.05) is 6.92 Å². The lowest BCUT2D eigenvalue weighted by Crippen LogP contribution is -2.38. The van der Waals surface area contributed by atoms with E-state index in [4.69, 9.17) is 18.9 Å². The minimum Gasteiger partial charge on any atom is -0.466 e. The Balaban J connectivity index is 2.34. The second kappa shape index (κ2) is 9.00. The van der Waals surface area contributed by atoms with Gasteiger partial charge >= 0.3 is 17.9 Å². The molecule has 1 aliphatic rings. The van der Waals surface area contributed by atoms with Crippen LogP contribution in [0.3, 0.4) is 0 Å². The first-order chi connectivity index (χ1) is 12.5. The summed E-state index contributed by atoms with van der Waals surface area (Å²) in [6, 6.07) is 6.42. The van der Waals surface area contributed by atoms with Crippen LogP contribution in [0.5, 0.6) is 0 Å². The van der Waals surface area contributed by atoms with Gasteiger partial charge < -0.3 is 23.8 Å². The molecule has 0 bridgehead atoms. The predicted octanol–water partition coefficient (Wildman–Crippen LogP) is 1.65. The fourth-order valence-corrected chi connectivity index (χ4v) is 2.40. The summed E-state index contributed by atoms with van der Waals surface area (Å²) in [5.41, 5.74) is 1.06. The van der Waals surface area contributed by atoms with Gasteiger partial charge in [0, 0.05) is 5.69 Å². The first-order valence-electron chi connectivity index (χ1n) is 8.05. The van der Waals surface area contributed by atoms with Gasteiger partial charge in [-0.05, 0) is 30.7 Å². The van der Waals surface area contributed by atoms with Gasteiger partial charge in [0.25, 0.3) is 0 Å². The van der Waals surface area contributed by atoms with Gasteiger partial charge in [0.2, 0.25) is 0 Å². The largest absolute Gasteiger partial charge is 0.466 e. The highest BCUT2D eigenvalue weighted by molar-refractivity contribution is 6.03. The van der Waals surface area contributed by atoms with Crippen molar-refractivity contribution in [3.8, 4) is 0 Å². The molecular formula is C18H21NO7. The molecule has 0 saturated carbocycles. The number of rotatable bonds is 6. The molecular weight excluding hydrogens is 342 g/mol. The lowest BCUT2D eigenvalue weighted by atomic mass is 10.1. The van der Waals surface area contributed by atoms with E-state index >= 15 is 0 Å². The fourth-order valence-electron chi connectivity index (χ4n) is 2.40. The van der Waals surface area contributed by atoms with Gasteiger partial charge in [0.1, 0.15) is 12.4 Å². The van der Waals surface area contributed by atoms with Crippen LogP contribution < -0.4 is 4.90 Å². The molecule has 0 radical (unpaired) electrons. The molecule has 0 aliphatic carbocycles. The normalized spacial score (nSPS) is 14.0. The van der Waals surface area contributed by atoms with E-state index in [1.165, 1.54) is 19.1 Å². The van der Waals surface area contributed by atoms with E-state index in [1.54, 1.807) is 24.3 Å². The van der Waals surface area contributed by atoms with E-state index in [1.807, 2.05) is 6.92 Å². The zero-order valence-corrected chi connectivity index (χ0v) is 14.9. The number of hydrogen-bond donors (Lipinski definition) is 0. The van der Waals surface area contributed by atoms with Crippen molar-refractivity contribution >= 4 is 23.6 Å². The second-order valence-corrected chi connectivity index (χ2v) is 5.40. The summed E-state index contributed by atoms with van der Waals surface area (Å²) in [6.07, 6.45) is 0.735. The standard InChI is InChI=1S/C18H21NO7/c1-4-9-26-16(20)12-5-7-13(8-6-12)19-11-25-10-14(17(21)23-2)15(19)18(22)24-3/h5-8H,4,9-11H2,1-3H3. The van der Waals surface area contributed by atoms with Crippen LogP contribution >= 0.6 is 0 Å². The monoisotopic (exact) mass is 363 g/mol. The highest BCUT2D eigenvalue weighted by Crippen LogP contribution is 2.27. The number of carbonyl (C=O) groups excluding carboxylic acids is 3. The smallest absolute Gasteiger partial charge is 0.355 e. The van der Waals surface area contributed by atoms with Crippen LogP contribution in [0.4, 0.5) is 5.69 Å². The summed E-state index contributed by atoms with van der Waals surface area (Å²) in [7, 11) is 2.45. The maximum atomic E-state index is 12.2. The molecule has 26 heavy (non-hydrogen) atoms. The summed E-state index contributed by atoms with van der Waals surface area (Å²) < 4.78 is 20.0. The predicted molar refractivity (Wildman–Crippen MR) is 91.4 cm³/mol. The van der Waals surface area contributed by atoms with Crippen LogP contribution in [0, 0.1) is 0 Å². The van der Waals surface area contributed by atoms with E-state index in [-0.39, 0.29) is 24.6 Å². The van der Waals surface area contributed by atoms with Crippen LogP contribution in [0.2, 0.25) is 0 Å². The van der Waals surface area contributed by atoms with E-state index in [9.17, 15) is 14.4 Å². The molecule has 140 valence electrons. The number of hydrogen-bond acceptors (Lipinski definition) is 8. The molecule has 0 aromatic heterocycles. The molecule has 0 amide bonds. The maximum Gasteiger partial charge on any atom is 0.355 e. The first kappa shape index (κ1) is 19.5. The Bertz CT molecular complexity index is 709. The molecule has 2 rings (SSSR count). The Morgan fingerprint density at radius 2 is 1.69 bits per heavy atom. The molecule has 1 heterocycles. The quantitative estimate of drug-likeness (QED) is 0.556. The second-order valence-electron chi connectivity index (χ2n) is 5.40. The summed E-state index contributed by atoms with van der Waals surface area (Å²) in [5, 5.41) is 0. The molecule has 0 N–H and O–H groups in total. The van der Waals surface area contributed by atoms with Gasteiger partial charge in [0.15, 0.2) is 0 Å². The van der Waals surface area contributed by atoms with Crippen molar-refractivity contribution in [3.63, 3.8) is 0 Å². The summed E-state index contributed by atoms with van der Waals surface area (Å²) in [5.74, 6) is -1.78. The average molecular weight is 363 g/mol. The minimum absolute atomic E-state index is 0.0462. The molecule has 0 spiro atoms. The molecule has 1 aromatic carbocycles. The number of esters is 3. The summed E-state index contributed by atoms with van der Waals surface area (Å²) in [6.45, 7) is 2.24. The SMILES string of the molecule is CCCOC(=O)c1ccc(N2COCC(C(=O)OC)=C2C(=O)OC)cc1. The average Bonchev–Trinajstić information content (AvgIpc) is 2.70. The Kier molecular flexibility index (Phi) is 6.74. The third-order valence-corrected chi connectivity index (χ3v) is 3.69. The molecule has 0 atom stereocenters. The van der Waals surface area contributed by atoms with E-state index in [2.05, 4.69) is 0 Å². The van der Waals surface area contributed by atoms with Crippen molar-refractivity contribution in [2.45, 2.75) is 13.3 Å². The Labute approximate surface area is 151 Å². The number of methoxy groups -OCH3 is 2. The third-order valence-electron chi connectivity index (χ3n) is 3.69. The van der Waals surface area contributed by atoms with E-state index in [0.29, 0.717) is 17.9 Å². The Hall–Kier alpha value is -2.87. The lowest BCUT2D eigenvalue weighted by molar-refractivity contribution is -0.140. The summed E-state index contributed by atoms with van der Waals surface area (Å²) >= 11 is 0. The lowest BCUT2D eigenvalue weighted by Gasteiger charge is -2.31. The summed E-state index contributed by atoms with van der Waals surface area (Å²) in [4.78, 5) is 37.6. The number of nitrogens with zero attached hydrogens (tertiary/aromatic N) is 1. The maximum absolute atomic E-state index is 12.2. The topological polar surface area (TPSA) is 91.4 Å². The molecule has 8 nitrogen and oxygen atoms in total. The third kappa shape index (κ3) is 4.20. The number of anilines is 1. The zero-order valence-electron chi connectivity index (χ0n) is 14.9. The van der Waals surface area contributed by atoms with Crippen molar-refractivity contribution in [1.29, 1.82) is 0 Å². The fraction of sp³-hybridized carbons (Fsp3) is 0.389. The molecule has 1 aromatic rings. The molecule has 1 aliphatic heterocycles. The van der Waals surface area contributed by atoms with Crippen LogP contribution in [0.25, 0.3) is 0 Å². The molecule has 0 saturated heterocycles. The van der Waals surface area contributed by atoms with Gasteiger partial charge in [-0.15, -0.1) is 0 Å². The van der Waals surface area contributed by atoms with E-state index < -0.39 is 17.9 Å². The van der Waals surface area contributed by atoms with Crippen molar-refractivity contribution in [3.05, 3.63) is 41.1 Å². The zero-order chi connectivity index (χ0) is 19.1. The molecule has 8 heteroatoms. The molecule has 0 unspecified atom stereocenters. The van der Waals surface area contributed by atoms with Gasteiger partial charge in [0.05, 0.1) is 38.6 Å².